The lowest BCUT2D eigenvalue weighted by atomic mass is 9.51. The SMILES string of the molecule is C=CCN1CC[C@]23c4c5c(O)cc(OC)c4O[C@H]2[C@@H](N(C)C(=O)C=Cc2ccccc2)CC[C@H]3[C@H]1C5. The van der Waals surface area contributed by atoms with E-state index in [2.05, 4.69) is 11.5 Å². The maximum Gasteiger partial charge on any atom is 0.246 e. The highest BCUT2D eigenvalue weighted by Gasteiger charge is 2.66. The van der Waals surface area contributed by atoms with Gasteiger partial charge in [-0.15, -0.1) is 6.58 Å². The van der Waals surface area contributed by atoms with Gasteiger partial charge < -0.3 is 19.5 Å². The number of aromatic hydroxyl groups is 1. The van der Waals surface area contributed by atoms with Crippen LogP contribution in [-0.2, 0) is 16.6 Å². The van der Waals surface area contributed by atoms with Crippen molar-refractivity contribution >= 4 is 12.0 Å². The summed E-state index contributed by atoms with van der Waals surface area (Å²) < 4.78 is 12.5. The molecule has 6 nitrogen and oxygen atoms in total. The Morgan fingerprint density at radius 3 is 2.89 bits per heavy atom. The number of amides is 1. The average Bonchev–Trinajstić information content (AvgIpc) is 3.24. The molecule has 1 N–H and O–H groups in total. The van der Waals surface area contributed by atoms with E-state index >= 15 is 0 Å². The number of phenolic OH excluding ortho intramolecular Hbond substituents is 1. The van der Waals surface area contributed by atoms with E-state index in [0.717, 1.165) is 61.2 Å². The van der Waals surface area contributed by atoms with Crippen LogP contribution in [0.4, 0.5) is 0 Å². The molecule has 1 spiro atoms. The van der Waals surface area contributed by atoms with E-state index in [4.69, 9.17) is 9.47 Å². The predicted molar refractivity (Wildman–Crippen MR) is 139 cm³/mol. The summed E-state index contributed by atoms with van der Waals surface area (Å²) in [6.07, 6.45) is 8.96. The Morgan fingerprint density at radius 2 is 2.14 bits per heavy atom. The highest BCUT2D eigenvalue weighted by atomic mass is 16.5. The molecule has 1 saturated heterocycles. The standard InChI is InChI=1S/C30H34N2O4/c1-4-15-32-16-14-30-21-11-12-22(31(2)26(34)13-10-19-8-6-5-7-9-19)29(30)36-28-25(35-3)18-24(33)20(27(28)30)17-23(21)32/h4-10,13,18,21-23,29,33H,1,11-12,14-17H2,2-3H3/t21-,22-,23+,29-,30-/m0/s1. The van der Waals surface area contributed by atoms with Gasteiger partial charge in [-0.2, -0.15) is 0 Å². The lowest BCUT2D eigenvalue weighted by molar-refractivity contribution is -0.135. The number of likely N-dealkylation sites (N-methyl/N-ethyl adjacent to an activating group) is 1. The van der Waals surface area contributed by atoms with Crippen molar-refractivity contribution in [1.82, 2.24) is 9.80 Å². The van der Waals surface area contributed by atoms with Crippen LogP contribution in [0.3, 0.4) is 0 Å². The molecule has 36 heavy (non-hydrogen) atoms. The van der Waals surface area contributed by atoms with Crippen molar-refractivity contribution in [3.63, 3.8) is 0 Å². The topological polar surface area (TPSA) is 62.2 Å². The minimum absolute atomic E-state index is 0.0234. The molecule has 2 heterocycles. The van der Waals surface area contributed by atoms with Gasteiger partial charge in [0.05, 0.1) is 13.2 Å². The monoisotopic (exact) mass is 486 g/mol. The third kappa shape index (κ3) is 3.23. The quantitative estimate of drug-likeness (QED) is 0.491. The minimum atomic E-state index is -0.238. The molecule has 2 aliphatic carbocycles. The first kappa shape index (κ1) is 23.2. The first-order valence-corrected chi connectivity index (χ1v) is 12.9. The van der Waals surface area contributed by atoms with E-state index in [0.29, 0.717) is 17.7 Å². The van der Waals surface area contributed by atoms with Crippen LogP contribution >= 0.6 is 0 Å². The summed E-state index contributed by atoms with van der Waals surface area (Å²) >= 11 is 0. The zero-order chi connectivity index (χ0) is 25.0. The van der Waals surface area contributed by atoms with E-state index < -0.39 is 0 Å². The lowest BCUT2D eigenvalue weighted by Crippen LogP contribution is -2.68. The van der Waals surface area contributed by atoms with Gasteiger partial charge in [-0.1, -0.05) is 36.4 Å². The Morgan fingerprint density at radius 1 is 1.33 bits per heavy atom. The fraction of sp³-hybridized carbons (Fsp3) is 0.433. The van der Waals surface area contributed by atoms with Crippen LogP contribution in [0.5, 0.6) is 17.2 Å². The van der Waals surface area contributed by atoms with Crippen molar-refractivity contribution in [1.29, 1.82) is 0 Å². The van der Waals surface area contributed by atoms with Crippen LogP contribution < -0.4 is 9.47 Å². The summed E-state index contributed by atoms with van der Waals surface area (Å²) in [6, 6.07) is 11.8. The van der Waals surface area contributed by atoms with E-state index in [1.54, 1.807) is 19.3 Å². The van der Waals surface area contributed by atoms with Crippen molar-refractivity contribution < 1.29 is 19.4 Å². The molecule has 0 unspecified atom stereocenters. The first-order chi connectivity index (χ1) is 17.5. The number of hydrogen-bond acceptors (Lipinski definition) is 5. The molecule has 4 aliphatic rings. The molecule has 2 bridgehead atoms. The van der Waals surface area contributed by atoms with Crippen LogP contribution in [0, 0.1) is 5.92 Å². The Bertz CT molecular complexity index is 1230. The normalized spacial score (nSPS) is 29.9. The number of methoxy groups -OCH3 is 1. The minimum Gasteiger partial charge on any atom is -0.508 e. The fourth-order valence-corrected chi connectivity index (χ4v) is 7.60. The Hall–Kier alpha value is -3.25. The van der Waals surface area contributed by atoms with Gasteiger partial charge in [0.25, 0.3) is 0 Å². The van der Waals surface area contributed by atoms with Gasteiger partial charge in [-0.05, 0) is 49.8 Å². The molecule has 6 rings (SSSR count). The summed E-state index contributed by atoms with van der Waals surface area (Å²) in [6.45, 7) is 5.77. The van der Waals surface area contributed by atoms with Gasteiger partial charge in [0.1, 0.15) is 11.9 Å². The van der Waals surface area contributed by atoms with Crippen LogP contribution in [0.25, 0.3) is 6.08 Å². The van der Waals surface area contributed by atoms with Crippen molar-refractivity contribution in [3.05, 3.63) is 71.8 Å². The van der Waals surface area contributed by atoms with E-state index in [1.165, 1.54) is 0 Å². The number of carbonyl (C=O) groups is 1. The third-order valence-corrected chi connectivity index (χ3v) is 9.14. The number of rotatable bonds is 6. The second-order valence-corrected chi connectivity index (χ2v) is 10.6. The van der Waals surface area contributed by atoms with Crippen LogP contribution in [-0.4, -0.2) is 66.2 Å². The fourth-order valence-electron chi connectivity index (χ4n) is 7.60. The summed E-state index contributed by atoms with van der Waals surface area (Å²) in [5, 5.41) is 11.1. The van der Waals surface area contributed by atoms with Gasteiger partial charge in [0.2, 0.25) is 5.91 Å². The van der Waals surface area contributed by atoms with Crippen molar-refractivity contribution in [2.75, 3.05) is 27.2 Å². The van der Waals surface area contributed by atoms with Crippen molar-refractivity contribution in [2.24, 2.45) is 5.92 Å². The largest absolute Gasteiger partial charge is 0.508 e. The zero-order valence-electron chi connectivity index (χ0n) is 21.0. The van der Waals surface area contributed by atoms with Crippen molar-refractivity contribution in [3.8, 4) is 17.2 Å². The van der Waals surface area contributed by atoms with E-state index in [-0.39, 0.29) is 29.2 Å². The van der Waals surface area contributed by atoms with Crippen molar-refractivity contribution in [2.45, 2.75) is 49.3 Å². The third-order valence-electron chi connectivity index (χ3n) is 9.14. The molecule has 2 aliphatic heterocycles. The number of phenols is 1. The highest BCUT2D eigenvalue weighted by molar-refractivity contribution is 5.92. The summed E-state index contributed by atoms with van der Waals surface area (Å²) in [7, 11) is 3.52. The van der Waals surface area contributed by atoms with Gasteiger partial charge in [-0.3, -0.25) is 9.69 Å². The summed E-state index contributed by atoms with van der Waals surface area (Å²) in [4.78, 5) is 17.7. The maximum atomic E-state index is 13.3. The molecule has 0 radical (unpaired) electrons. The number of likely N-dealkylation sites (tertiary alicyclic amines) is 1. The smallest absolute Gasteiger partial charge is 0.246 e. The molecule has 1 saturated carbocycles. The van der Waals surface area contributed by atoms with Crippen LogP contribution in [0.15, 0.2) is 55.1 Å². The molecule has 1 amide bonds. The molecule has 0 aromatic heterocycles. The Labute approximate surface area is 212 Å². The molecular weight excluding hydrogens is 452 g/mol. The zero-order valence-corrected chi connectivity index (χ0v) is 21.0. The first-order valence-electron chi connectivity index (χ1n) is 12.9. The molecule has 2 aromatic rings. The summed E-state index contributed by atoms with van der Waals surface area (Å²) in [5.41, 5.74) is 2.88. The Kier molecular flexibility index (Phi) is 5.60. The molecule has 2 aromatic carbocycles. The van der Waals surface area contributed by atoms with Gasteiger partial charge in [-0.25, -0.2) is 0 Å². The molecule has 5 atom stereocenters. The van der Waals surface area contributed by atoms with Gasteiger partial charge in [0.15, 0.2) is 11.5 Å². The number of benzene rings is 2. The average molecular weight is 487 g/mol. The van der Waals surface area contributed by atoms with Gasteiger partial charge in [0, 0.05) is 48.3 Å². The number of carbonyl (C=O) groups excluding carboxylic acids is 1. The maximum absolute atomic E-state index is 13.3. The molecular formula is C30H34N2O4. The number of hydrogen-bond donors (Lipinski definition) is 1. The van der Waals surface area contributed by atoms with Crippen LogP contribution in [0.1, 0.15) is 36.0 Å². The van der Waals surface area contributed by atoms with E-state index in [1.807, 2.05) is 54.4 Å². The number of piperidine rings is 1. The summed E-state index contributed by atoms with van der Waals surface area (Å²) in [5.74, 6) is 2.01. The Balaban J connectivity index is 1.40. The molecule has 6 heteroatoms. The highest BCUT2D eigenvalue weighted by Crippen LogP contribution is 2.65. The van der Waals surface area contributed by atoms with Gasteiger partial charge >= 0.3 is 0 Å². The lowest BCUT2D eigenvalue weighted by Gasteiger charge is -2.60. The van der Waals surface area contributed by atoms with E-state index in [9.17, 15) is 9.90 Å². The molecule has 2 fully saturated rings. The second-order valence-electron chi connectivity index (χ2n) is 10.6. The number of ether oxygens (including phenoxy) is 2. The predicted octanol–water partition coefficient (Wildman–Crippen LogP) is 4.17. The molecule has 188 valence electrons. The van der Waals surface area contributed by atoms with Crippen LogP contribution in [0.2, 0.25) is 0 Å². The number of nitrogens with zero attached hydrogens (tertiary/aromatic N) is 2. The second kappa shape index (κ2) is 8.70.